The molecule has 1 aromatic heterocycles. The molecule has 3 nitrogen and oxygen atoms in total. The van der Waals surface area contributed by atoms with Crippen LogP contribution in [0.4, 0.5) is 0 Å². The molecule has 0 aliphatic heterocycles. The minimum Gasteiger partial charge on any atom is -0.496 e. The van der Waals surface area contributed by atoms with Gasteiger partial charge in [-0.05, 0) is 25.1 Å². The Bertz CT molecular complexity index is 488. The summed E-state index contributed by atoms with van der Waals surface area (Å²) in [7, 11) is 1.70. The van der Waals surface area contributed by atoms with Crippen molar-refractivity contribution in [3.63, 3.8) is 0 Å². The van der Waals surface area contributed by atoms with Crippen LogP contribution in [0.25, 0.3) is 0 Å². The van der Waals surface area contributed by atoms with Gasteiger partial charge in [-0.2, -0.15) is 0 Å². The van der Waals surface area contributed by atoms with Crippen molar-refractivity contribution in [3.8, 4) is 5.75 Å². The summed E-state index contributed by atoms with van der Waals surface area (Å²) in [5.74, 6) is 0.914. The Morgan fingerprint density at radius 1 is 1.24 bits per heavy atom. The lowest BCUT2D eigenvalue weighted by atomic mass is 10.2. The van der Waals surface area contributed by atoms with Crippen molar-refractivity contribution in [3.05, 3.63) is 53.9 Å². The number of aromatic nitrogens is 1. The number of nitrogens with two attached hydrogens (primary N) is 1. The highest BCUT2D eigenvalue weighted by molar-refractivity contribution is 5.34. The van der Waals surface area contributed by atoms with Gasteiger partial charge in [0, 0.05) is 23.5 Å². The molecular weight excluding hydrogens is 212 g/mol. The van der Waals surface area contributed by atoms with E-state index in [1.54, 1.807) is 7.11 Å². The number of hydrogen-bond acceptors (Lipinski definition) is 2. The average Bonchev–Trinajstić information content (AvgIpc) is 2.78. The summed E-state index contributed by atoms with van der Waals surface area (Å²) in [4.78, 5) is 0. The van der Waals surface area contributed by atoms with Crippen molar-refractivity contribution in [2.45, 2.75) is 19.5 Å². The van der Waals surface area contributed by atoms with E-state index in [0.29, 0.717) is 0 Å². The number of ether oxygens (including phenoxy) is 1. The molecule has 2 N–H and O–H groups in total. The Hall–Kier alpha value is -1.74. The zero-order valence-electron chi connectivity index (χ0n) is 10.3. The molecular formula is C14H18N2O. The van der Waals surface area contributed by atoms with Crippen LogP contribution in [0.15, 0.2) is 42.6 Å². The summed E-state index contributed by atoms with van der Waals surface area (Å²) in [6.07, 6.45) is 2.05. The average molecular weight is 230 g/mol. The van der Waals surface area contributed by atoms with E-state index in [1.807, 2.05) is 37.4 Å². The van der Waals surface area contributed by atoms with Crippen LogP contribution in [-0.4, -0.2) is 11.7 Å². The summed E-state index contributed by atoms with van der Waals surface area (Å²) in [6.45, 7) is 2.78. The summed E-state index contributed by atoms with van der Waals surface area (Å²) >= 11 is 0. The van der Waals surface area contributed by atoms with E-state index in [4.69, 9.17) is 10.5 Å². The molecule has 2 rings (SSSR count). The van der Waals surface area contributed by atoms with E-state index < -0.39 is 0 Å². The Morgan fingerprint density at radius 2 is 2.00 bits per heavy atom. The molecule has 0 spiro atoms. The first-order chi connectivity index (χ1) is 8.22. The lowest BCUT2D eigenvalue weighted by Crippen LogP contribution is -2.12. The number of methoxy groups -OCH3 is 1. The molecule has 1 heterocycles. The fourth-order valence-electron chi connectivity index (χ4n) is 2.00. The van der Waals surface area contributed by atoms with Gasteiger partial charge in [0.1, 0.15) is 5.75 Å². The van der Waals surface area contributed by atoms with Gasteiger partial charge in [-0.3, -0.25) is 0 Å². The standard InChI is InChI=1S/C14H18N2O/c1-11(15)13-7-5-9-16(13)10-12-6-3-4-8-14(12)17-2/h3-9,11H,10,15H2,1-2H3. The maximum atomic E-state index is 5.93. The zero-order chi connectivity index (χ0) is 12.3. The zero-order valence-corrected chi connectivity index (χ0v) is 10.3. The number of nitrogens with zero attached hydrogens (tertiary/aromatic N) is 1. The van der Waals surface area contributed by atoms with Gasteiger partial charge in [0.05, 0.1) is 13.7 Å². The molecule has 0 fully saturated rings. The summed E-state index contributed by atoms with van der Waals surface area (Å²) in [6, 6.07) is 12.2. The fraction of sp³-hybridized carbons (Fsp3) is 0.286. The molecule has 1 atom stereocenters. The number of rotatable bonds is 4. The third-order valence-corrected chi connectivity index (χ3v) is 2.86. The molecule has 0 amide bonds. The quantitative estimate of drug-likeness (QED) is 0.877. The second-order valence-electron chi connectivity index (χ2n) is 4.16. The second kappa shape index (κ2) is 5.06. The van der Waals surface area contributed by atoms with Crippen LogP contribution in [0.3, 0.4) is 0 Å². The first-order valence-electron chi connectivity index (χ1n) is 5.75. The molecule has 0 radical (unpaired) electrons. The molecule has 17 heavy (non-hydrogen) atoms. The molecule has 1 aromatic carbocycles. The van der Waals surface area contributed by atoms with Gasteiger partial charge < -0.3 is 15.0 Å². The topological polar surface area (TPSA) is 40.2 Å². The van der Waals surface area contributed by atoms with Crippen molar-refractivity contribution in [1.82, 2.24) is 4.57 Å². The Balaban J connectivity index is 2.28. The minimum atomic E-state index is 0.0414. The van der Waals surface area contributed by atoms with Crippen molar-refractivity contribution < 1.29 is 4.74 Å². The summed E-state index contributed by atoms with van der Waals surface area (Å²) in [5.41, 5.74) is 8.23. The SMILES string of the molecule is COc1ccccc1Cn1cccc1C(C)N. The van der Waals surface area contributed by atoms with E-state index in [-0.39, 0.29) is 6.04 Å². The Labute approximate surface area is 102 Å². The van der Waals surface area contributed by atoms with E-state index in [9.17, 15) is 0 Å². The van der Waals surface area contributed by atoms with Crippen molar-refractivity contribution in [2.24, 2.45) is 5.73 Å². The number of hydrogen-bond donors (Lipinski definition) is 1. The molecule has 0 saturated carbocycles. The van der Waals surface area contributed by atoms with Crippen LogP contribution >= 0.6 is 0 Å². The predicted octanol–water partition coefficient (Wildman–Crippen LogP) is 2.56. The molecule has 3 heteroatoms. The van der Waals surface area contributed by atoms with Crippen molar-refractivity contribution in [2.75, 3.05) is 7.11 Å². The van der Waals surface area contributed by atoms with Gasteiger partial charge in [0.25, 0.3) is 0 Å². The molecule has 0 bridgehead atoms. The molecule has 0 saturated heterocycles. The van der Waals surface area contributed by atoms with E-state index in [0.717, 1.165) is 23.6 Å². The van der Waals surface area contributed by atoms with Crippen LogP contribution in [0.1, 0.15) is 24.2 Å². The first-order valence-corrected chi connectivity index (χ1v) is 5.75. The maximum absolute atomic E-state index is 5.93. The van der Waals surface area contributed by atoms with E-state index in [1.165, 1.54) is 0 Å². The lowest BCUT2D eigenvalue weighted by Gasteiger charge is -2.14. The smallest absolute Gasteiger partial charge is 0.123 e. The van der Waals surface area contributed by atoms with Gasteiger partial charge in [0.2, 0.25) is 0 Å². The highest BCUT2D eigenvalue weighted by atomic mass is 16.5. The molecule has 0 aliphatic carbocycles. The largest absolute Gasteiger partial charge is 0.496 e. The predicted molar refractivity (Wildman–Crippen MR) is 69.1 cm³/mol. The maximum Gasteiger partial charge on any atom is 0.123 e. The first kappa shape index (κ1) is 11.7. The molecule has 2 aromatic rings. The fourth-order valence-corrected chi connectivity index (χ4v) is 2.00. The van der Waals surface area contributed by atoms with Crippen molar-refractivity contribution in [1.29, 1.82) is 0 Å². The normalized spacial score (nSPS) is 12.4. The number of para-hydroxylation sites is 1. The van der Waals surface area contributed by atoms with Crippen LogP contribution in [-0.2, 0) is 6.54 Å². The van der Waals surface area contributed by atoms with E-state index in [2.05, 4.69) is 16.7 Å². The third-order valence-electron chi connectivity index (χ3n) is 2.86. The van der Waals surface area contributed by atoms with Gasteiger partial charge in [-0.1, -0.05) is 18.2 Å². The van der Waals surface area contributed by atoms with Crippen LogP contribution < -0.4 is 10.5 Å². The Kier molecular flexibility index (Phi) is 3.49. The lowest BCUT2D eigenvalue weighted by molar-refractivity contribution is 0.408. The highest BCUT2D eigenvalue weighted by Crippen LogP contribution is 2.20. The number of benzene rings is 1. The monoisotopic (exact) mass is 230 g/mol. The summed E-state index contributed by atoms with van der Waals surface area (Å²) in [5, 5.41) is 0. The summed E-state index contributed by atoms with van der Waals surface area (Å²) < 4.78 is 7.51. The van der Waals surface area contributed by atoms with Crippen molar-refractivity contribution >= 4 is 0 Å². The van der Waals surface area contributed by atoms with Gasteiger partial charge in [0.15, 0.2) is 0 Å². The van der Waals surface area contributed by atoms with Gasteiger partial charge >= 0.3 is 0 Å². The van der Waals surface area contributed by atoms with Crippen LogP contribution in [0, 0.1) is 0 Å². The van der Waals surface area contributed by atoms with Crippen LogP contribution in [0.5, 0.6) is 5.75 Å². The van der Waals surface area contributed by atoms with E-state index >= 15 is 0 Å². The third kappa shape index (κ3) is 2.50. The molecule has 1 unspecified atom stereocenters. The van der Waals surface area contributed by atoms with Gasteiger partial charge in [-0.15, -0.1) is 0 Å². The minimum absolute atomic E-state index is 0.0414. The highest BCUT2D eigenvalue weighted by Gasteiger charge is 2.08. The molecule has 0 aliphatic rings. The Morgan fingerprint density at radius 3 is 2.71 bits per heavy atom. The van der Waals surface area contributed by atoms with Gasteiger partial charge in [-0.25, -0.2) is 0 Å². The molecule has 90 valence electrons. The second-order valence-corrected chi connectivity index (χ2v) is 4.16. The van der Waals surface area contributed by atoms with Crippen LogP contribution in [0.2, 0.25) is 0 Å².